The normalized spacial score (nSPS) is 13.8. The molecule has 6 nitrogen and oxygen atoms in total. The standard InChI is InChI=1S/C28H38N2O4S/c1-5-15-30(28(32)23-9-7-6-8-10-23)20-27(31)29(19-26-21(2)14-17-35-26)16-13-22-11-12-24(33-3)25(18-22)34-4/h5,11-12,14,17-18,23H,1,6-10,13,15-16,19-20H2,2-4H3. The molecule has 190 valence electrons. The monoisotopic (exact) mass is 498 g/mol. The van der Waals surface area contributed by atoms with Gasteiger partial charge in [-0.2, -0.15) is 0 Å². The molecule has 0 aliphatic heterocycles. The second kappa shape index (κ2) is 13.3. The number of methoxy groups -OCH3 is 2. The number of rotatable bonds is 12. The summed E-state index contributed by atoms with van der Waals surface area (Å²) in [4.78, 5) is 31.5. The van der Waals surface area contributed by atoms with Gasteiger partial charge in [-0.3, -0.25) is 9.59 Å². The maximum absolute atomic E-state index is 13.6. The Hall–Kier alpha value is -2.80. The van der Waals surface area contributed by atoms with Crippen molar-refractivity contribution < 1.29 is 19.1 Å². The van der Waals surface area contributed by atoms with Gasteiger partial charge in [-0.1, -0.05) is 31.4 Å². The number of thiophene rings is 1. The number of ether oxygens (including phenoxy) is 2. The zero-order valence-corrected chi connectivity index (χ0v) is 22.1. The molecule has 1 aliphatic rings. The Labute approximate surface area is 213 Å². The van der Waals surface area contributed by atoms with Gasteiger partial charge in [-0.05, 0) is 60.9 Å². The summed E-state index contributed by atoms with van der Waals surface area (Å²) in [6.45, 7) is 7.44. The first-order valence-electron chi connectivity index (χ1n) is 12.4. The summed E-state index contributed by atoms with van der Waals surface area (Å²) in [5.41, 5.74) is 2.24. The van der Waals surface area contributed by atoms with Crippen molar-refractivity contribution in [1.82, 2.24) is 9.80 Å². The lowest BCUT2D eigenvalue weighted by atomic mass is 9.88. The molecule has 0 saturated heterocycles. The Morgan fingerprint density at radius 3 is 2.46 bits per heavy atom. The van der Waals surface area contributed by atoms with Crippen molar-refractivity contribution in [2.24, 2.45) is 5.92 Å². The third kappa shape index (κ3) is 7.34. The fourth-order valence-corrected chi connectivity index (χ4v) is 5.51. The minimum Gasteiger partial charge on any atom is -0.493 e. The summed E-state index contributed by atoms with van der Waals surface area (Å²) in [6.07, 6.45) is 7.58. The van der Waals surface area contributed by atoms with E-state index >= 15 is 0 Å². The van der Waals surface area contributed by atoms with Gasteiger partial charge in [-0.15, -0.1) is 17.9 Å². The second-order valence-electron chi connectivity index (χ2n) is 9.12. The van der Waals surface area contributed by atoms with Crippen LogP contribution in [0, 0.1) is 12.8 Å². The van der Waals surface area contributed by atoms with E-state index in [0.717, 1.165) is 31.2 Å². The number of hydrogen-bond donors (Lipinski definition) is 0. The fourth-order valence-electron chi connectivity index (χ4n) is 4.59. The van der Waals surface area contributed by atoms with Crippen LogP contribution >= 0.6 is 11.3 Å². The lowest BCUT2D eigenvalue weighted by Gasteiger charge is -2.31. The first-order chi connectivity index (χ1) is 17.0. The average molecular weight is 499 g/mol. The van der Waals surface area contributed by atoms with Crippen LogP contribution in [0.3, 0.4) is 0 Å². The molecule has 35 heavy (non-hydrogen) atoms. The van der Waals surface area contributed by atoms with E-state index in [1.165, 1.54) is 16.9 Å². The quantitative estimate of drug-likeness (QED) is 0.376. The van der Waals surface area contributed by atoms with E-state index in [9.17, 15) is 9.59 Å². The van der Waals surface area contributed by atoms with Gasteiger partial charge in [0, 0.05) is 23.9 Å². The zero-order chi connectivity index (χ0) is 25.2. The van der Waals surface area contributed by atoms with E-state index in [4.69, 9.17) is 9.47 Å². The van der Waals surface area contributed by atoms with Gasteiger partial charge >= 0.3 is 0 Å². The van der Waals surface area contributed by atoms with Crippen LogP contribution in [-0.4, -0.2) is 55.5 Å². The Balaban J connectivity index is 1.74. The van der Waals surface area contributed by atoms with Crippen LogP contribution in [-0.2, 0) is 22.6 Å². The van der Waals surface area contributed by atoms with E-state index in [-0.39, 0.29) is 24.3 Å². The molecular weight excluding hydrogens is 460 g/mol. The Morgan fingerprint density at radius 2 is 1.83 bits per heavy atom. The largest absolute Gasteiger partial charge is 0.493 e. The number of aryl methyl sites for hydroxylation is 1. The molecule has 0 unspecified atom stereocenters. The molecule has 0 radical (unpaired) electrons. The number of hydrogen-bond acceptors (Lipinski definition) is 5. The SMILES string of the molecule is C=CCN(CC(=O)N(CCc1ccc(OC)c(OC)c1)Cc1sccc1C)C(=O)C1CCCCC1. The molecule has 7 heteroatoms. The summed E-state index contributed by atoms with van der Waals surface area (Å²) < 4.78 is 10.8. The molecular formula is C28H38N2O4S. The van der Waals surface area contributed by atoms with Gasteiger partial charge in [0.05, 0.1) is 20.8 Å². The Morgan fingerprint density at radius 1 is 1.09 bits per heavy atom. The van der Waals surface area contributed by atoms with Crippen LogP contribution in [0.4, 0.5) is 0 Å². The van der Waals surface area contributed by atoms with Crippen LogP contribution in [0.25, 0.3) is 0 Å². The molecule has 2 amide bonds. The molecule has 0 bridgehead atoms. The highest BCUT2D eigenvalue weighted by Crippen LogP contribution is 2.28. The van der Waals surface area contributed by atoms with E-state index in [1.54, 1.807) is 36.5 Å². The molecule has 0 atom stereocenters. The Kier molecular flexibility index (Phi) is 10.2. The maximum atomic E-state index is 13.6. The third-order valence-electron chi connectivity index (χ3n) is 6.72. The number of carbonyl (C=O) groups is 2. The summed E-state index contributed by atoms with van der Waals surface area (Å²) in [5.74, 6) is 1.43. The Bertz CT molecular complexity index is 997. The van der Waals surface area contributed by atoms with Crippen molar-refractivity contribution >= 4 is 23.2 Å². The summed E-state index contributed by atoms with van der Waals surface area (Å²) in [7, 11) is 3.24. The molecule has 1 aromatic carbocycles. The first kappa shape index (κ1) is 26.8. The number of carbonyl (C=O) groups excluding carboxylic acids is 2. The summed E-state index contributed by atoms with van der Waals surface area (Å²) in [5, 5.41) is 2.05. The van der Waals surface area contributed by atoms with Crippen LogP contribution in [0.1, 0.15) is 48.1 Å². The van der Waals surface area contributed by atoms with Crippen molar-refractivity contribution in [2.45, 2.75) is 52.0 Å². The van der Waals surface area contributed by atoms with Gasteiger partial charge in [0.25, 0.3) is 0 Å². The zero-order valence-electron chi connectivity index (χ0n) is 21.3. The van der Waals surface area contributed by atoms with Crippen LogP contribution in [0.5, 0.6) is 11.5 Å². The molecule has 1 aliphatic carbocycles. The van der Waals surface area contributed by atoms with Crippen molar-refractivity contribution in [3.8, 4) is 11.5 Å². The van der Waals surface area contributed by atoms with Crippen LogP contribution < -0.4 is 9.47 Å². The first-order valence-corrected chi connectivity index (χ1v) is 13.3. The molecule has 2 aromatic rings. The van der Waals surface area contributed by atoms with E-state index in [1.807, 2.05) is 23.1 Å². The van der Waals surface area contributed by atoms with Gasteiger partial charge in [-0.25, -0.2) is 0 Å². The van der Waals surface area contributed by atoms with Gasteiger partial charge < -0.3 is 19.3 Å². The second-order valence-corrected chi connectivity index (χ2v) is 10.1. The number of amides is 2. The van der Waals surface area contributed by atoms with E-state index < -0.39 is 0 Å². The molecule has 0 N–H and O–H groups in total. The molecule has 1 aromatic heterocycles. The molecule has 0 spiro atoms. The lowest BCUT2D eigenvalue weighted by Crippen LogP contribution is -2.45. The molecule has 1 heterocycles. The fraction of sp³-hybridized carbons (Fsp3) is 0.500. The molecule has 1 fully saturated rings. The predicted molar refractivity (Wildman–Crippen MR) is 141 cm³/mol. The van der Waals surface area contributed by atoms with Crippen LogP contribution in [0.15, 0.2) is 42.3 Å². The third-order valence-corrected chi connectivity index (χ3v) is 7.72. The highest BCUT2D eigenvalue weighted by atomic mass is 32.1. The van der Waals surface area contributed by atoms with Gasteiger partial charge in [0.1, 0.15) is 6.54 Å². The van der Waals surface area contributed by atoms with Crippen molar-refractivity contribution in [1.29, 1.82) is 0 Å². The smallest absolute Gasteiger partial charge is 0.242 e. The van der Waals surface area contributed by atoms with Crippen molar-refractivity contribution in [3.05, 3.63) is 58.3 Å². The summed E-state index contributed by atoms with van der Waals surface area (Å²) in [6, 6.07) is 7.91. The van der Waals surface area contributed by atoms with E-state index in [2.05, 4.69) is 24.9 Å². The van der Waals surface area contributed by atoms with Gasteiger partial charge in [0.2, 0.25) is 11.8 Å². The molecule has 3 rings (SSSR count). The van der Waals surface area contributed by atoms with E-state index in [0.29, 0.717) is 37.6 Å². The van der Waals surface area contributed by atoms with Crippen LogP contribution in [0.2, 0.25) is 0 Å². The predicted octanol–water partition coefficient (Wildman–Crippen LogP) is 5.24. The number of nitrogens with zero attached hydrogens (tertiary/aromatic N) is 2. The molecule has 1 saturated carbocycles. The lowest BCUT2D eigenvalue weighted by molar-refractivity contribution is -0.143. The number of benzene rings is 1. The van der Waals surface area contributed by atoms with Gasteiger partial charge in [0.15, 0.2) is 11.5 Å². The highest BCUT2D eigenvalue weighted by molar-refractivity contribution is 7.10. The van der Waals surface area contributed by atoms with Crippen molar-refractivity contribution in [3.63, 3.8) is 0 Å². The maximum Gasteiger partial charge on any atom is 0.242 e. The topological polar surface area (TPSA) is 59.1 Å². The average Bonchev–Trinajstić information content (AvgIpc) is 3.30. The minimum absolute atomic E-state index is 0.0243. The highest BCUT2D eigenvalue weighted by Gasteiger charge is 2.28. The minimum atomic E-state index is -0.0377. The summed E-state index contributed by atoms with van der Waals surface area (Å²) >= 11 is 1.66. The van der Waals surface area contributed by atoms with Crippen molar-refractivity contribution in [2.75, 3.05) is 33.9 Å².